The predicted octanol–water partition coefficient (Wildman–Crippen LogP) is 3.79. The molecule has 4 heteroatoms. The van der Waals surface area contributed by atoms with Crippen molar-refractivity contribution in [3.05, 3.63) is 11.6 Å². The Balaban J connectivity index is 3.55. The van der Waals surface area contributed by atoms with Gasteiger partial charge in [-0.3, -0.25) is 0 Å². The van der Waals surface area contributed by atoms with Crippen LogP contribution in [0.3, 0.4) is 0 Å². The van der Waals surface area contributed by atoms with E-state index in [1.54, 1.807) is 14.2 Å². The van der Waals surface area contributed by atoms with Gasteiger partial charge in [0.25, 0.3) is 0 Å². The van der Waals surface area contributed by atoms with Gasteiger partial charge in [0.05, 0.1) is 25.6 Å². The second-order valence-electron chi connectivity index (χ2n) is 7.07. The molecule has 4 nitrogen and oxygen atoms in total. The van der Waals surface area contributed by atoms with Crippen LogP contribution in [0, 0.1) is 0 Å². The summed E-state index contributed by atoms with van der Waals surface area (Å²) in [6.07, 6.45) is 0. The van der Waals surface area contributed by atoms with Gasteiger partial charge in [-0.2, -0.15) is 0 Å². The number of methoxy groups -OCH3 is 2. The van der Waals surface area contributed by atoms with E-state index in [1.807, 2.05) is 6.07 Å². The number of benzene rings is 1. The Hall–Kier alpha value is -1.58. The minimum Gasteiger partial charge on any atom is -0.496 e. The van der Waals surface area contributed by atoms with E-state index in [1.165, 1.54) is 0 Å². The van der Waals surface area contributed by atoms with Crippen LogP contribution in [0.4, 0.5) is 11.4 Å². The highest BCUT2D eigenvalue weighted by Crippen LogP contribution is 2.46. The molecule has 1 aromatic carbocycles. The summed E-state index contributed by atoms with van der Waals surface area (Å²) >= 11 is 0. The molecule has 3 N–H and O–H groups in total. The van der Waals surface area contributed by atoms with Gasteiger partial charge in [-0.15, -0.1) is 0 Å². The van der Waals surface area contributed by atoms with Crippen LogP contribution in [0.1, 0.15) is 47.1 Å². The van der Waals surface area contributed by atoms with Crippen molar-refractivity contribution in [2.75, 3.05) is 25.3 Å². The lowest BCUT2D eigenvalue weighted by molar-refractivity contribution is 0.390. The van der Waals surface area contributed by atoms with Crippen LogP contribution in [0.15, 0.2) is 6.07 Å². The first-order valence-corrected chi connectivity index (χ1v) is 6.84. The lowest BCUT2D eigenvalue weighted by Gasteiger charge is -2.29. The number of nitrogen functional groups attached to an aromatic ring is 1. The first-order chi connectivity index (χ1) is 9.01. The van der Waals surface area contributed by atoms with E-state index in [-0.39, 0.29) is 11.0 Å². The van der Waals surface area contributed by atoms with Gasteiger partial charge in [-0.25, -0.2) is 0 Å². The van der Waals surface area contributed by atoms with Gasteiger partial charge in [-0.05, 0) is 26.2 Å². The lowest BCUT2D eigenvalue weighted by Crippen LogP contribution is -2.27. The van der Waals surface area contributed by atoms with Crippen molar-refractivity contribution in [2.45, 2.75) is 52.5 Å². The lowest BCUT2D eigenvalue weighted by atomic mass is 9.84. The molecule has 0 unspecified atom stereocenters. The second kappa shape index (κ2) is 5.43. The largest absolute Gasteiger partial charge is 0.496 e. The molecule has 0 fully saturated rings. The number of ether oxygens (including phenoxy) is 2. The summed E-state index contributed by atoms with van der Waals surface area (Å²) in [5.41, 5.74) is 8.57. The Morgan fingerprint density at radius 1 is 1.00 bits per heavy atom. The van der Waals surface area contributed by atoms with Gasteiger partial charge in [0.15, 0.2) is 5.75 Å². The van der Waals surface area contributed by atoms with Crippen LogP contribution in [0.25, 0.3) is 0 Å². The van der Waals surface area contributed by atoms with Gasteiger partial charge in [0.1, 0.15) is 5.75 Å². The normalized spacial score (nSPS) is 12.2. The first-order valence-electron chi connectivity index (χ1n) is 6.84. The second-order valence-corrected chi connectivity index (χ2v) is 7.07. The monoisotopic (exact) mass is 280 g/mol. The zero-order chi connectivity index (χ0) is 15.7. The number of nitrogens with one attached hydrogen (secondary N) is 1. The fraction of sp³-hybridized carbons (Fsp3) is 0.625. The van der Waals surface area contributed by atoms with Crippen LogP contribution in [0.2, 0.25) is 0 Å². The van der Waals surface area contributed by atoms with E-state index in [0.717, 1.165) is 17.0 Å². The summed E-state index contributed by atoms with van der Waals surface area (Å²) in [4.78, 5) is 0. The van der Waals surface area contributed by atoms with Gasteiger partial charge in [0.2, 0.25) is 0 Å². The van der Waals surface area contributed by atoms with Gasteiger partial charge in [0, 0.05) is 17.2 Å². The summed E-state index contributed by atoms with van der Waals surface area (Å²) in [6, 6.07) is 1.96. The summed E-state index contributed by atoms with van der Waals surface area (Å²) < 4.78 is 11.0. The van der Waals surface area contributed by atoms with Crippen LogP contribution in [-0.4, -0.2) is 19.8 Å². The molecule has 0 aliphatic rings. The minimum atomic E-state index is -0.122. The van der Waals surface area contributed by atoms with E-state index in [2.05, 4.69) is 46.9 Å². The van der Waals surface area contributed by atoms with E-state index in [9.17, 15) is 0 Å². The molecule has 0 saturated heterocycles. The van der Waals surface area contributed by atoms with Gasteiger partial charge >= 0.3 is 0 Å². The van der Waals surface area contributed by atoms with Crippen molar-refractivity contribution in [3.8, 4) is 11.5 Å². The quantitative estimate of drug-likeness (QED) is 0.827. The highest BCUT2D eigenvalue weighted by atomic mass is 16.5. The molecule has 0 amide bonds. The minimum absolute atomic E-state index is 0.0893. The highest BCUT2D eigenvalue weighted by molar-refractivity contribution is 5.78. The van der Waals surface area contributed by atoms with Crippen molar-refractivity contribution >= 4 is 11.4 Å². The van der Waals surface area contributed by atoms with Crippen LogP contribution < -0.4 is 20.5 Å². The number of anilines is 2. The molecule has 1 aromatic rings. The Morgan fingerprint density at radius 3 is 1.90 bits per heavy atom. The Kier molecular flexibility index (Phi) is 4.47. The predicted molar refractivity (Wildman–Crippen MR) is 86.0 cm³/mol. The Morgan fingerprint density at radius 2 is 1.55 bits per heavy atom. The van der Waals surface area contributed by atoms with Gasteiger partial charge < -0.3 is 20.5 Å². The molecule has 0 aromatic heterocycles. The van der Waals surface area contributed by atoms with Crippen molar-refractivity contribution in [1.29, 1.82) is 0 Å². The molecule has 0 heterocycles. The SMILES string of the molecule is COc1cc(NC(C)(C)C)c(OC)c(N)c1C(C)(C)C. The summed E-state index contributed by atoms with van der Waals surface area (Å²) in [5, 5.41) is 3.41. The number of nitrogens with two attached hydrogens (primary N) is 1. The third-order valence-corrected chi connectivity index (χ3v) is 2.96. The van der Waals surface area contributed by atoms with Gasteiger partial charge in [-0.1, -0.05) is 20.8 Å². The molecule has 0 bridgehead atoms. The standard InChI is InChI=1S/C16H28N2O2/c1-15(2,3)12-11(19-7)9-10(18-16(4,5)6)14(20-8)13(12)17/h9,18H,17H2,1-8H3. The maximum Gasteiger partial charge on any atom is 0.165 e. The Labute approximate surface area is 122 Å². The van der Waals surface area contributed by atoms with Crippen molar-refractivity contribution in [1.82, 2.24) is 0 Å². The zero-order valence-corrected chi connectivity index (χ0v) is 14.0. The zero-order valence-electron chi connectivity index (χ0n) is 14.0. The van der Waals surface area contributed by atoms with Crippen molar-refractivity contribution in [3.63, 3.8) is 0 Å². The Bertz CT molecular complexity index is 483. The third kappa shape index (κ3) is 3.50. The van der Waals surface area contributed by atoms with E-state index < -0.39 is 0 Å². The molecular formula is C16H28N2O2. The van der Waals surface area contributed by atoms with Crippen LogP contribution in [0.5, 0.6) is 11.5 Å². The van der Waals surface area contributed by atoms with Crippen molar-refractivity contribution < 1.29 is 9.47 Å². The smallest absolute Gasteiger partial charge is 0.165 e. The number of hydrogen-bond donors (Lipinski definition) is 2. The average Bonchev–Trinajstić information content (AvgIpc) is 2.24. The summed E-state index contributed by atoms with van der Waals surface area (Å²) in [6.45, 7) is 12.6. The molecule has 0 radical (unpaired) electrons. The van der Waals surface area contributed by atoms with Crippen LogP contribution >= 0.6 is 0 Å². The molecule has 0 aliphatic carbocycles. The topological polar surface area (TPSA) is 56.5 Å². The summed E-state index contributed by atoms with van der Waals surface area (Å²) in [5.74, 6) is 1.45. The molecule has 114 valence electrons. The van der Waals surface area contributed by atoms with E-state index in [0.29, 0.717) is 11.4 Å². The van der Waals surface area contributed by atoms with E-state index >= 15 is 0 Å². The summed E-state index contributed by atoms with van der Waals surface area (Å²) in [7, 11) is 3.30. The fourth-order valence-electron chi connectivity index (χ4n) is 2.31. The maximum absolute atomic E-state index is 6.33. The molecule has 20 heavy (non-hydrogen) atoms. The van der Waals surface area contributed by atoms with Crippen molar-refractivity contribution in [2.24, 2.45) is 0 Å². The number of hydrogen-bond acceptors (Lipinski definition) is 4. The molecule has 1 rings (SSSR count). The van der Waals surface area contributed by atoms with Crippen LogP contribution in [-0.2, 0) is 5.41 Å². The van der Waals surface area contributed by atoms with E-state index in [4.69, 9.17) is 15.2 Å². The molecule has 0 saturated carbocycles. The highest BCUT2D eigenvalue weighted by Gasteiger charge is 2.27. The number of rotatable bonds is 3. The molecule has 0 aliphatic heterocycles. The maximum atomic E-state index is 6.33. The first kappa shape index (κ1) is 16.5. The third-order valence-electron chi connectivity index (χ3n) is 2.96. The molecule has 0 atom stereocenters. The fourth-order valence-corrected chi connectivity index (χ4v) is 2.31. The molecular weight excluding hydrogens is 252 g/mol. The average molecular weight is 280 g/mol. The molecule has 0 spiro atoms.